The number of nitrogens with one attached hydrogen (secondary N) is 1. The van der Waals surface area contributed by atoms with Gasteiger partial charge in [0.25, 0.3) is 0 Å². The molecule has 1 aromatic heterocycles. The third-order valence-corrected chi connectivity index (χ3v) is 3.75. The highest BCUT2D eigenvalue weighted by atomic mass is 32.1. The van der Waals surface area contributed by atoms with E-state index < -0.39 is 17.5 Å². The molecule has 2 aromatic carbocycles. The Morgan fingerprint density at radius 3 is 2.38 bits per heavy atom. The highest BCUT2D eigenvalue weighted by Gasteiger charge is 2.16. The Morgan fingerprint density at radius 1 is 0.905 bits per heavy atom. The molecule has 0 aliphatic heterocycles. The Labute approximate surface area is 127 Å². The van der Waals surface area contributed by atoms with Crippen LogP contribution < -0.4 is 0 Å². The zero-order valence-corrected chi connectivity index (χ0v) is 12.0. The molecule has 21 heavy (non-hydrogen) atoms. The molecule has 0 fully saturated rings. The molecule has 0 saturated heterocycles. The normalized spacial score (nSPS) is 11.0. The lowest BCUT2D eigenvalue weighted by molar-refractivity contribution is 0.444. The summed E-state index contributed by atoms with van der Waals surface area (Å²) in [5.41, 5.74) is 0.456. The number of rotatable bonds is 1. The Hall–Kier alpha value is -1.99. The van der Waals surface area contributed by atoms with E-state index in [0.717, 1.165) is 12.1 Å². The van der Waals surface area contributed by atoms with Crippen LogP contribution >= 0.6 is 24.4 Å². The summed E-state index contributed by atoms with van der Waals surface area (Å²) in [7, 11) is 0. The van der Waals surface area contributed by atoms with Crippen molar-refractivity contribution in [2.45, 2.75) is 0 Å². The number of benzene rings is 2. The fraction of sp³-hybridized carbons (Fsp3) is 0. The maximum absolute atomic E-state index is 14.0. The molecule has 0 atom stereocenters. The van der Waals surface area contributed by atoms with Gasteiger partial charge in [-0.3, -0.25) is 4.57 Å². The third-order valence-electron chi connectivity index (χ3n) is 3.06. The first-order valence-electron chi connectivity index (χ1n) is 5.88. The van der Waals surface area contributed by atoms with Crippen LogP contribution in [0.5, 0.6) is 0 Å². The topological polar surface area (TPSA) is 20.7 Å². The molecule has 0 saturated carbocycles. The Balaban J connectivity index is 2.44. The van der Waals surface area contributed by atoms with Gasteiger partial charge in [0.05, 0.1) is 11.2 Å². The van der Waals surface area contributed by atoms with Crippen molar-refractivity contribution < 1.29 is 13.2 Å². The van der Waals surface area contributed by atoms with Crippen molar-refractivity contribution in [3.8, 4) is 5.69 Å². The maximum atomic E-state index is 14.0. The number of nitrogens with zero attached hydrogens (tertiary/aromatic N) is 1. The summed E-state index contributed by atoms with van der Waals surface area (Å²) in [5.74, 6) is -4.16. The van der Waals surface area contributed by atoms with Crippen molar-refractivity contribution in [2.24, 2.45) is 0 Å². The number of para-hydroxylation sites is 1. The standard InChI is InChI=1S/C14H7F3N2S2/c15-8-5-6-10(12(17)11(8)16)19-13(20)7-3-1-2-4-9(7)18-14(19)21/h1-6H,(H,18,21). The second-order valence-corrected chi connectivity index (χ2v) is 5.08. The number of H-pyrrole nitrogens is 1. The van der Waals surface area contributed by atoms with E-state index in [1.54, 1.807) is 24.3 Å². The van der Waals surface area contributed by atoms with Gasteiger partial charge in [-0.25, -0.2) is 13.2 Å². The van der Waals surface area contributed by atoms with E-state index >= 15 is 0 Å². The van der Waals surface area contributed by atoms with Crippen molar-refractivity contribution in [1.82, 2.24) is 9.55 Å². The van der Waals surface area contributed by atoms with E-state index in [0.29, 0.717) is 10.9 Å². The molecule has 0 spiro atoms. The smallest absolute Gasteiger partial charge is 0.196 e. The molecule has 2 nitrogen and oxygen atoms in total. The van der Waals surface area contributed by atoms with E-state index in [2.05, 4.69) is 4.98 Å². The number of aromatic nitrogens is 2. The minimum atomic E-state index is -1.56. The molecule has 0 radical (unpaired) electrons. The minimum Gasteiger partial charge on any atom is -0.331 e. The Morgan fingerprint density at radius 2 is 1.62 bits per heavy atom. The van der Waals surface area contributed by atoms with Crippen LogP contribution in [0.2, 0.25) is 0 Å². The van der Waals surface area contributed by atoms with Crippen molar-refractivity contribution >= 4 is 35.3 Å². The number of aromatic amines is 1. The second-order valence-electron chi connectivity index (χ2n) is 4.31. The predicted octanol–water partition coefficient (Wildman–Crippen LogP) is 4.83. The molecule has 0 aliphatic rings. The zero-order chi connectivity index (χ0) is 15.1. The second kappa shape index (κ2) is 5.09. The Kier molecular flexibility index (Phi) is 3.38. The highest BCUT2D eigenvalue weighted by Crippen LogP contribution is 2.22. The minimum absolute atomic E-state index is 0.101. The van der Waals surface area contributed by atoms with Crippen LogP contribution in [-0.2, 0) is 0 Å². The van der Waals surface area contributed by atoms with Gasteiger partial charge in [-0.05, 0) is 36.5 Å². The SMILES string of the molecule is Fc1ccc(-n2c(=S)[nH]c3ccccc3c2=S)c(F)c1F. The van der Waals surface area contributed by atoms with Crippen LogP contribution in [0.1, 0.15) is 0 Å². The first-order chi connectivity index (χ1) is 10.0. The van der Waals surface area contributed by atoms with Crippen LogP contribution in [-0.4, -0.2) is 9.55 Å². The van der Waals surface area contributed by atoms with Crippen LogP contribution in [0.15, 0.2) is 36.4 Å². The Bertz CT molecular complexity index is 976. The lowest BCUT2D eigenvalue weighted by atomic mass is 10.2. The molecule has 0 unspecified atom stereocenters. The van der Waals surface area contributed by atoms with Crippen LogP contribution in [0, 0.1) is 26.9 Å². The van der Waals surface area contributed by atoms with Crippen LogP contribution in [0.4, 0.5) is 13.2 Å². The first kappa shape index (κ1) is 14.0. The van der Waals surface area contributed by atoms with Gasteiger partial charge in [-0.1, -0.05) is 24.4 Å². The number of hydrogen-bond acceptors (Lipinski definition) is 2. The molecular weight excluding hydrogens is 317 g/mol. The third kappa shape index (κ3) is 2.18. The molecule has 106 valence electrons. The molecule has 1 heterocycles. The molecule has 0 amide bonds. The van der Waals surface area contributed by atoms with Gasteiger partial charge in [0.15, 0.2) is 22.2 Å². The van der Waals surface area contributed by atoms with Crippen molar-refractivity contribution in [2.75, 3.05) is 0 Å². The van der Waals surface area contributed by atoms with Gasteiger partial charge in [0, 0.05) is 5.39 Å². The quantitative estimate of drug-likeness (QED) is 0.511. The molecule has 3 aromatic rings. The molecular formula is C14H7F3N2S2. The van der Waals surface area contributed by atoms with E-state index in [1.165, 1.54) is 4.57 Å². The average molecular weight is 324 g/mol. The van der Waals surface area contributed by atoms with Crippen molar-refractivity contribution in [1.29, 1.82) is 0 Å². The van der Waals surface area contributed by atoms with Crippen LogP contribution in [0.3, 0.4) is 0 Å². The van der Waals surface area contributed by atoms with Crippen molar-refractivity contribution in [3.05, 3.63) is 63.3 Å². The van der Waals surface area contributed by atoms with Gasteiger partial charge in [0.2, 0.25) is 0 Å². The molecule has 7 heteroatoms. The van der Waals surface area contributed by atoms with E-state index in [1.807, 2.05) is 0 Å². The van der Waals surface area contributed by atoms with Gasteiger partial charge in [0.1, 0.15) is 4.64 Å². The molecule has 0 aliphatic carbocycles. The zero-order valence-electron chi connectivity index (χ0n) is 10.4. The summed E-state index contributed by atoms with van der Waals surface area (Å²) in [6.07, 6.45) is 0. The molecule has 3 rings (SSSR count). The maximum Gasteiger partial charge on any atom is 0.196 e. The van der Waals surface area contributed by atoms with Gasteiger partial charge >= 0.3 is 0 Å². The summed E-state index contributed by atoms with van der Waals surface area (Å²) < 4.78 is 41.9. The first-order valence-corrected chi connectivity index (χ1v) is 6.70. The lowest BCUT2D eigenvalue weighted by Gasteiger charge is -2.11. The van der Waals surface area contributed by atoms with Crippen LogP contribution in [0.25, 0.3) is 16.6 Å². The van der Waals surface area contributed by atoms with E-state index in [9.17, 15) is 13.2 Å². The summed E-state index contributed by atoms with van der Waals surface area (Å²) in [6, 6.07) is 9.00. The number of hydrogen-bond donors (Lipinski definition) is 1. The summed E-state index contributed by atoms with van der Waals surface area (Å²) in [6.45, 7) is 0. The van der Waals surface area contributed by atoms with E-state index in [-0.39, 0.29) is 15.1 Å². The molecule has 0 bridgehead atoms. The van der Waals surface area contributed by atoms with Gasteiger partial charge in [-0.15, -0.1) is 0 Å². The summed E-state index contributed by atoms with van der Waals surface area (Å²) in [4.78, 5) is 2.89. The predicted molar refractivity (Wildman–Crippen MR) is 79.2 cm³/mol. The lowest BCUT2D eigenvalue weighted by Crippen LogP contribution is -2.06. The largest absolute Gasteiger partial charge is 0.331 e. The summed E-state index contributed by atoms with van der Waals surface area (Å²) in [5, 5.41) is 0.630. The summed E-state index contributed by atoms with van der Waals surface area (Å²) >= 11 is 10.4. The number of halogens is 3. The fourth-order valence-corrected chi connectivity index (χ4v) is 2.79. The average Bonchev–Trinajstić information content (AvgIpc) is 2.47. The fourth-order valence-electron chi connectivity index (χ4n) is 2.07. The number of fused-ring (bicyclic) bond motifs is 1. The highest BCUT2D eigenvalue weighted by molar-refractivity contribution is 7.72. The molecule has 1 N–H and O–H groups in total. The van der Waals surface area contributed by atoms with E-state index in [4.69, 9.17) is 24.4 Å². The van der Waals surface area contributed by atoms with Gasteiger partial charge in [-0.2, -0.15) is 0 Å². The monoisotopic (exact) mass is 324 g/mol. The van der Waals surface area contributed by atoms with Gasteiger partial charge < -0.3 is 4.98 Å². The van der Waals surface area contributed by atoms with Crippen molar-refractivity contribution in [3.63, 3.8) is 0 Å².